The van der Waals surface area contributed by atoms with Crippen molar-refractivity contribution in [1.82, 2.24) is 4.98 Å². The molecule has 2 aromatic rings. The molecule has 19 heavy (non-hydrogen) atoms. The summed E-state index contributed by atoms with van der Waals surface area (Å²) in [5, 5.41) is 11.2. The number of para-hydroxylation sites is 1. The van der Waals surface area contributed by atoms with E-state index in [2.05, 4.69) is 4.98 Å². The summed E-state index contributed by atoms with van der Waals surface area (Å²) in [6, 6.07) is 9.89. The molecule has 3 heteroatoms. The summed E-state index contributed by atoms with van der Waals surface area (Å²) in [5.74, 6) is 0.782. The first-order chi connectivity index (χ1) is 9.34. The molecular formula is C16H19NO2. The Balaban J connectivity index is 1.88. The highest BCUT2D eigenvalue weighted by Crippen LogP contribution is 2.28. The normalized spacial score (nSPS) is 24.1. The Hall–Kier alpha value is -1.61. The molecule has 2 unspecified atom stereocenters. The quantitative estimate of drug-likeness (QED) is 0.839. The van der Waals surface area contributed by atoms with E-state index in [-0.39, 0.29) is 12.2 Å². The molecule has 1 aliphatic rings. The molecule has 1 aromatic heterocycles. The van der Waals surface area contributed by atoms with Gasteiger partial charge in [-0.3, -0.25) is 4.98 Å². The molecule has 0 radical (unpaired) electrons. The lowest BCUT2D eigenvalue weighted by molar-refractivity contribution is 0.0328. The molecular weight excluding hydrogens is 238 g/mol. The molecule has 100 valence electrons. The molecule has 2 atom stereocenters. The van der Waals surface area contributed by atoms with Crippen molar-refractivity contribution < 1.29 is 9.84 Å². The van der Waals surface area contributed by atoms with Gasteiger partial charge in [0.15, 0.2) is 0 Å². The second-order valence-electron chi connectivity index (χ2n) is 5.19. The van der Waals surface area contributed by atoms with Gasteiger partial charge >= 0.3 is 0 Å². The second-order valence-corrected chi connectivity index (χ2v) is 5.19. The number of hydrogen-bond donors (Lipinski definition) is 1. The fourth-order valence-electron chi connectivity index (χ4n) is 2.73. The Bertz CT molecular complexity index is 550. The van der Waals surface area contributed by atoms with Crippen LogP contribution in [0.1, 0.15) is 32.1 Å². The zero-order chi connectivity index (χ0) is 13.1. The lowest BCUT2D eigenvalue weighted by Crippen LogP contribution is -2.30. The Morgan fingerprint density at radius 1 is 1.05 bits per heavy atom. The summed E-state index contributed by atoms with van der Waals surface area (Å²) in [5.41, 5.74) is 0.876. The number of rotatable bonds is 2. The summed E-state index contributed by atoms with van der Waals surface area (Å²) in [6.07, 6.45) is 6.47. The number of nitrogens with zero attached hydrogens (tertiary/aromatic N) is 1. The van der Waals surface area contributed by atoms with Gasteiger partial charge in [0.25, 0.3) is 0 Å². The van der Waals surface area contributed by atoms with Crippen LogP contribution in [-0.2, 0) is 0 Å². The maximum Gasteiger partial charge on any atom is 0.146 e. The number of aliphatic hydroxyl groups excluding tert-OH is 1. The van der Waals surface area contributed by atoms with Gasteiger partial charge in [-0.2, -0.15) is 0 Å². The molecule has 0 bridgehead atoms. The van der Waals surface area contributed by atoms with E-state index < -0.39 is 0 Å². The van der Waals surface area contributed by atoms with Crippen molar-refractivity contribution in [3.63, 3.8) is 0 Å². The lowest BCUT2D eigenvalue weighted by atomic mass is 10.1. The van der Waals surface area contributed by atoms with Crippen LogP contribution in [0.5, 0.6) is 5.75 Å². The maximum atomic E-state index is 10.1. The molecule has 0 aliphatic heterocycles. The van der Waals surface area contributed by atoms with Crippen LogP contribution in [0.4, 0.5) is 0 Å². The summed E-state index contributed by atoms with van der Waals surface area (Å²) < 4.78 is 6.05. The zero-order valence-corrected chi connectivity index (χ0v) is 11.0. The molecule has 1 saturated carbocycles. The first kappa shape index (κ1) is 12.4. The highest BCUT2D eigenvalue weighted by atomic mass is 16.5. The van der Waals surface area contributed by atoms with Gasteiger partial charge in [-0.1, -0.05) is 31.0 Å². The molecule has 3 nitrogen and oxygen atoms in total. The van der Waals surface area contributed by atoms with E-state index >= 15 is 0 Å². The van der Waals surface area contributed by atoms with E-state index in [9.17, 15) is 5.11 Å². The van der Waals surface area contributed by atoms with E-state index in [1.54, 1.807) is 6.20 Å². The summed E-state index contributed by atoms with van der Waals surface area (Å²) in [6.45, 7) is 0. The van der Waals surface area contributed by atoms with Crippen molar-refractivity contribution in [3.8, 4) is 5.75 Å². The molecule has 3 rings (SSSR count). The van der Waals surface area contributed by atoms with Crippen LogP contribution in [0.25, 0.3) is 10.9 Å². The van der Waals surface area contributed by atoms with Gasteiger partial charge in [-0.15, -0.1) is 0 Å². The summed E-state index contributed by atoms with van der Waals surface area (Å²) in [4.78, 5) is 4.39. The largest absolute Gasteiger partial charge is 0.485 e. The van der Waals surface area contributed by atoms with E-state index in [1.165, 1.54) is 6.42 Å². The summed E-state index contributed by atoms with van der Waals surface area (Å²) in [7, 11) is 0. The minimum Gasteiger partial charge on any atom is -0.485 e. The van der Waals surface area contributed by atoms with Crippen molar-refractivity contribution in [2.75, 3.05) is 0 Å². The fraction of sp³-hybridized carbons (Fsp3) is 0.438. The Morgan fingerprint density at radius 3 is 2.84 bits per heavy atom. The number of aromatic nitrogens is 1. The Morgan fingerprint density at radius 2 is 1.89 bits per heavy atom. The van der Waals surface area contributed by atoms with Crippen LogP contribution in [-0.4, -0.2) is 22.3 Å². The van der Waals surface area contributed by atoms with Crippen molar-refractivity contribution in [1.29, 1.82) is 0 Å². The second kappa shape index (κ2) is 5.57. The lowest BCUT2D eigenvalue weighted by Gasteiger charge is -2.22. The van der Waals surface area contributed by atoms with Crippen LogP contribution in [0.15, 0.2) is 36.5 Å². The minimum atomic E-state index is -0.360. The van der Waals surface area contributed by atoms with Crippen LogP contribution < -0.4 is 4.74 Å². The van der Waals surface area contributed by atoms with E-state index in [0.717, 1.165) is 42.3 Å². The van der Waals surface area contributed by atoms with Crippen LogP contribution in [0.2, 0.25) is 0 Å². The number of pyridine rings is 1. The number of hydrogen-bond acceptors (Lipinski definition) is 3. The number of fused-ring (bicyclic) bond motifs is 1. The number of benzene rings is 1. The number of aliphatic hydroxyl groups is 1. The number of ether oxygens (including phenoxy) is 1. The smallest absolute Gasteiger partial charge is 0.146 e. The molecule has 1 aliphatic carbocycles. The highest BCUT2D eigenvalue weighted by Gasteiger charge is 2.23. The third-order valence-electron chi connectivity index (χ3n) is 3.79. The first-order valence-corrected chi connectivity index (χ1v) is 7.03. The predicted molar refractivity (Wildman–Crippen MR) is 75.3 cm³/mol. The third kappa shape index (κ3) is 2.71. The van der Waals surface area contributed by atoms with Gasteiger partial charge in [-0.25, -0.2) is 0 Å². The van der Waals surface area contributed by atoms with Crippen molar-refractivity contribution in [2.24, 2.45) is 0 Å². The fourth-order valence-corrected chi connectivity index (χ4v) is 2.73. The Labute approximate surface area is 113 Å². The van der Waals surface area contributed by atoms with Gasteiger partial charge in [-0.05, 0) is 31.4 Å². The minimum absolute atomic E-state index is 0.102. The molecule has 1 fully saturated rings. The zero-order valence-electron chi connectivity index (χ0n) is 11.0. The van der Waals surface area contributed by atoms with Crippen molar-refractivity contribution in [3.05, 3.63) is 36.5 Å². The third-order valence-corrected chi connectivity index (χ3v) is 3.79. The molecule has 0 saturated heterocycles. The van der Waals surface area contributed by atoms with Crippen LogP contribution in [0, 0.1) is 0 Å². The average Bonchev–Trinajstić information content (AvgIpc) is 2.65. The summed E-state index contributed by atoms with van der Waals surface area (Å²) >= 11 is 0. The van der Waals surface area contributed by atoms with Gasteiger partial charge in [0.2, 0.25) is 0 Å². The molecule has 1 N–H and O–H groups in total. The van der Waals surface area contributed by atoms with Gasteiger partial charge in [0.1, 0.15) is 17.4 Å². The Kier molecular flexibility index (Phi) is 3.65. The van der Waals surface area contributed by atoms with E-state index in [1.807, 2.05) is 30.3 Å². The van der Waals surface area contributed by atoms with Crippen LogP contribution in [0.3, 0.4) is 0 Å². The average molecular weight is 257 g/mol. The van der Waals surface area contributed by atoms with Gasteiger partial charge in [0, 0.05) is 11.6 Å². The highest BCUT2D eigenvalue weighted by molar-refractivity contribution is 5.84. The molecule has 0 spiro atoms. The standard InChI is InChI=1S/C16H19NO2/c18-13-8-2-1-3-9-14(13)19-15-10-4-6-12-7-5-11-17-16(12)15/h4-7,10-11,13-14,18H,1-3,8-9H2. The van der Waals surface area contributed by atoms with Gasteiger partial charge < -0.3 is 9.84 Å². The van der Waals surface area contributed by atoms with E-state index in [0.29, 0.717) is 0 Å². The topological polar surface area (TPSA) is 42.4 Å². The molecule has 1 heterocycles. The predicted octanol–water partition coefficient (Wildman–Crippen LogP) is 3.31. The van der Waals surface area contributed by atoms with E-state index in [4.69, 9.17) is 4.74 Å². The monoisotopic (exact) mass is 257 g/mol. The van der Waals surface area contributed by atoms with Crippen molar-refractivity contribution >= 4 is 10.9 Å². The SMILES string of the molecule is OC1CCCCCC1Oc1cccc2cccnc12. The van der Waals surface area contributed by atoms with Crippen LogP contribution >= 0.6 is 0 Å². The maximum absolute atomic E-state index is 10.1. The molecule has 0 amide bonds. The first-order valence-electron chi connectivity index (χ1n) is 7.03. The van der Waals surface area contributed by atoms with Gasteiger partial charge in [0.05, 0.1) is 6.10 Å². The molecule has 1 aromatic carbocycles. The van der Waals surface area contributed by atoms with Crippen molar-refractivity contribution in [2.45, 2.75) is 44.3 Å².